The van der Waals surface area contributed by atoms with E-state index in [0.717, 1.165) is 38.6 Å². The minimum atomic E-state index is 0.130. The molecule has 0 aliphatic heterocycles. The minimum absolute atomic E-state index is 0.130. The van der Waals surface area contributed by atoms with Crippen molar-refractivity contribution in [3.63, 3.8) is 0 Å². The van der Waals surface area contributed by atoms with E-state index in [-0.39, 0.29) is 11.5 Å². The summed E-state index contributed by atoms with van der Waals surface area (Å²) in [5, 5.41) is 6.77. The van der Waals surface area contributed by atoms with Gasteiger partial charge in [0.25, 0.3) is 0 Å². The second kappa shape index (κ2) is 11.1. The molecule has 0 bridgehead atoms. The van der Waals surface area contributed by atoms with Gasteiger partial charge in [-0.15, -0.1) is 0 Å². The van der Waals surface area contributed by atoms with Gasteiger partial charge >= 0.3 is 0 Å². The van der Waals surface area contributed by atoms with Gasteiger partial charge in [0.2, 0.25) is 0 Å². The second-order valence-electron chi connectivity index (χ2n) is 7.53. The zero-order valence-electron chi connectivity index (χ0n) is 16.8. The zero-order chi connectivity index (χ0) is 18.7. The first-order valence-electron chi connectivity index (χ1n) is 9.10. The van der Waals surface area contributed by atoms with Crippen LogP contribution in [0.2, 0.25) is 0 Å². The van der Waals surface area contributed by atoms with E-state index in [1.54, 1.807) is 0 Å². The Labute approximate surface area is 153 Å². The molecule has 1 aromatic rings. The highest BCUT2D eigenvalue weighted by molar-refractivity contribution is 5.79. The Balaban J connectivity index is 2.21. The van der Waals surface area contributed by atoms with Gasteiger partial charge in [0.05, 0.1) is 6.10 Å². The maximum Gasteiger partial charge on any atom is 0.190 e. The van der Waals surface area contributed by atoms with Crippen LogP contribution >= 0.6 is 0 Å². The molecule has 0 aromatic heterocycles. The number of hydrogen-bond acceptors (Lipinski definition) is 3. The summed E-state index contributed by atoms with van der Waals surface area (Å²) in [7, 11) is 6.01. The van der Waals surface area contributed by atoms with Crippen LogP contribution in [0.5, 0.6) is 0 Å². The van der Waals surface area contributed by atoms with Gasteiger partial charge < -0.3 is 20.3 Å². The van der Waals surface area contributed by atoms with Crippen LogP contribution in [0.15, 0.2) is 35.3 Å². The molecule has 1 atom stereocenters. The predicted octanol–water partition coefficient (Wildman–Crippen LogP) is 2.91. The van der Waals surface area contributed by atoms with Crippen LogP contribution in [-0.4, -0.2) is 58.2 Å². The van der Waals surface area contributed by atoms with E-state index in [9.17, 15) is 0 Å². The Hall–Kier alpha value is -1.59. The molecule has 0 aliphatic carbocycles. The van der Waals surface area contributed by atoms with E-state index >= 15 is 0 Å². The Morgan fingerprint density at radius 1 is 1.20 bits per heavy atom. The van der Waals surface area contributed by atoms with Crippen molar-refractivity contribution in [2.24, 2.45) is 10.4 Å². The quantitative estimate of drug-likeness (QED) is 0.388. The number of ether oxygens (including phenoxy) is 1. The lowest BCUT2D eigenvalue weighted by molar-refractivity contribution is 0.0646. The van der Waals surface area contributed by atoms with Crippen LogP contribution < -0.4 is 10.6 Å². The van der Waals surface area contributed by atoms with Crippen molar-refractivity contribution in [2.45, 2.75) is 33.3 Å². The number of nitrogens with zero attached hydrogens (tertiary/aromatic N) is 2. The predicted molar refractivity (Wildman–Crippen MR) is 107 cm³/mol. The van der Waals surface area contributed by atoms with Gasteiger partial charge in [0.1, 0.15) is 0 Å². The van der Waals surface area contributed by atoms with E-state index in [1.807, 2.05) is 25.2 Å². The van der Waals surface area contributed by atoms with E-state index in [2.05, 4.69) is 67.5 Å². The van der Waals surface area contributed by atoms with Gasteiger partial charge in [0.15, 0.2) is 5.96 Å². The molecule has 2 N–H and O–H groups in total. The normalized spacial score (nSPS) is 13.8. The third-order valence-electron chi connectivity index (χ3n) is 3.95. The fourth-order valence-corrected chi connectivity index (χ4v) is 2.81. The Bertz CT molecular complexity index is 500. The first-order chi connectivity index (χ1) is 11.8. The largest absolute Gasteiger partial charge is 0.374 e. The van der Waals surface area contributed by atoms with Crippen molar-refractivity contribution in [3.05, 3.63) is 35.9 Å². The van der Waals surface area contributed by atoms with Gasteiger partial charge in [-0.1, -0.05) is 44.2 Å². The Kier molecular flexibility index (Phi) is 9.53. The van der Waals surface area contributed by atoms with E-state index in [1.165, 1.54) is 5.56 Å². The molecule has 1 aromatic carbocycles. The molecule has 0 aliphatic rings. The lowest BCUT2D eigenvalue weighted by atomic mass is 9.93. The second-order valence-corrected chi connectivity index (χ2v) is 7.53. The van der Waals surface area contributed by atoms with Gasteiger partial charge in [-0.2, -0.15) is 0 Å². The number of guanidine groups is 1. The first-order valence-corrected chi connectivity index (χ1v) is 9.10. The topological polar surface area (TPSA) is 48.9 Å². The van der Waals surface area contributed by atoms with Gasteiger partial charge in [0, 0.05) is 33.3 Å². The van der Waals surface area contributed by atoms with Crippen LogP contribution in [0, 0.1) is 5.41 Å². The number of nitrogens with one attached hydrogen (secondary N) is 2. The molecule has 1 unspecified atom stereocenters. The number of hydrogen-bond donors (Lipinski definition) is 2. The van der Waals surface area contributed by atoms with Crippen molar-refractivity contribution in [2.75, 3.05) is 47.4 Å². The summed E-state index contributed by atoms with van der Waals surface area (Å²) in [6, 6.07) is 10.3. The molecule has 0 saturated carbocycles. The fourth-order valence-electron chi connectivity index (χ4n) is 2.81. The summed E-state index contributed by atoms with van der Waals surface area (Å²) < 4.78 is 5.90. The molecular formula is C20H36N4O. The van der Waals surface area contributed by atoms with E-state index < -0.39 is 0 Å². The molecule has 1 rings (SSSR count). The lowest BCUT2D eigenvalue weighted by Gasteiger charge is -2.29. The van der Waals surface area contributed by atoms with Crippen LogP contribution in [-0.2, 0) is 4.74 Å². The van der Waals surface area contributed by atoms with Gasteiger partial charge in [-0.25, -0.2) is 0 Å². The molecule has 0 spiro atoms. The molecule has 0 saturated heterocycles. The molecule has 0 amide bonds. The maximum absolute atomic E-state index is 5.90. The smallest absolute Gasteiger partial charge is 0.190 e. The van der Waals surface area contributed by atoms with Crippen LogP contribution in [0.25, 0.3) is 0 Å². The summed E-state index contributed by atoms with van der Waals surface area (Å²) in [5.74, 6) is 0.850. The highest BCUT2D eigenvalue weighted by Crippen LogP contribution is 2.16. The molecule has 0 fully saturated rings. The summed E-state index contributed by atoms with van der Waals surface area (Å²) in [5.41, 5.74) is 1.41. The summed E-state index contributed by atoms with van der Waals surface area (Å²) in [4.78, 5) is 6.50. The Morgan fingerprint density at radius 2 is 1.88 bits per heavy atom. The third-order valence-corrected chi connectivity index (χ3v) is 3.95. The van der Waals surface area contributed by atoms with Crippen LogP contribution in [0.4, 0.5) is 0 Å². The van der Waals surface area contributed by atoms with E-state index in [4.69, 9.17) is 4.74 Å². The first kappa shape index (κ1) is 21.5. The monoisotopic (exact) mass is 348 g/mol. The highest BCUT2D eigenvalue weighted by Gasteiger charge is 2.19. The Morgan fingerprint density at radius 3 is 2.48 bits per heavy atom. The van der Waals surface area contributed by atoms with Crippen molar-refractivity contribution in [1.29, 1.82) is 0 Å². The fraction of sp³-hybridized carbons (Fsp3) is 0.650. The average molecular weight is 349 g/mol. The standard InChI is InChI=1S/C20H36N4O/c1-17(18-11-8-7-9-12-18)25-14-10-13-22-19(21-4)23-15-20(2,3)16-24(5)6/h7-9,11-12,17H,10,13-16H2,1-6H3,(H2,21,22,23). The van der Waals surface area contributed by atoms with Crippen molar-refractivity contribution in [1.82, 2.24) is 15.5 Å². The lowest BCUT2D eigenvalue weighted by Crippen LogP contribution is -2.45. The molecule has 0 heterocycles. The van der Waals surface area contributed by atoms with Crippen molar-refractivity contribution >= 4 is 5.96 Å². The van der Waals surface area contributed by atoms with Gasteiger partial charge in [-0.05, 0) is 38.4 Å². The number of aliphatic imine (C=N–C) groups is 1. The molecule has 0 radical (unpaired) electrons. The van der Waals surface area contributed by atoms with Crippen molar-refractivity contribution < 1.29 is 4.74 Å². The van der Waals surface area contributed by atoms with Gasteiger partial charge in [-0.3, -0.25) is 4.99 Å². The molecule has 5 nitrogen and oxygen atoms in total. The van der Waals surface area contributed by atoms with Crippen LogP contribution in [0.3, 0.4) is 0 Å². The summed E-state index contributed by atoms with van der Waals surface area (Å²) in [6.07, 6.45) is 1.07. The van der Waals surface area contributed by atoms with E-state index in [0.29, 0.717) is 0 Å². The van der Waals surface area contributed by atoms with Crippen molar-refractivity contribution in [3.8, 4) is 0 Å². The molecule has 25 heavy (non-hydrogen) atoms. The number of benzene rings is 1. The SMILES string of the molecule is CN=C(NCCCOC(C)c1ccccc1)NCC(C)(C)CN(C)C. The zero-order valence-corrected chi connectivity index (χ0v) is 16.8. The highest BCUT2D eigenvalue weighted by atomic mass is 16.5. The molecule has 5 heteroatoms. The summed E-state index contributed by atoms with van der Waals surface area (Å²) >= 11 is 0. The average Bonchev–Trinajstić information content (AvgIpc) is 2.56. The maximum atomic E-state index is 5.90. The third kappa shape index (κ3) is 9.46. The molecular weight excluding hydrogens is 312 g/mol. The summed E-state index contributed by atoms with van der Waals surface area (Å²) in [6.45, 7) is 10.1. The molecule has 142 valence electrons. The number of rotatable bonds is 10. The van der Waals surface area contributed by atoms with Crippen LogP contribution in [0.1, 0.15) is 38.9 Å². The minimum Gasteiger partial charge on any atom is -0.374 e.